The minimum atomic E-state index is -0.999. The Morgan fingerprint density at radius 3 is 2.46 bits per heavy atom. The Hall–Kier alpha value is -3.88. The standard InChI is InChI=1S/C30H37N3O6/c1-30(2,3)39-29(38)32-18-22-12-11-21(14-24(22)19-32)27(36)31-17-25-15-23(16-26(34)35)28(37)33(25)13-7-10-20-8-5-4-6-9-20/h4-6,8-9,11-12,14,23,25H,7,10,13,15-19H2,1-3H3,(H,31,36)(H,34,35)/t23-,25-/m0/s1. The van der Waals surface area contributed by atoms with Gasteiger partial charge < -0.3 is 20.1 Å². The van der Waals surface area contributed by atoms with E-state index in [0.717, 1.165) is 24.0 Å². The van der Waals surface area contributed by atoms with Crippen LogP contribution in [0.15, 0.2) is 48.5 Å². The summed E-state index contributed by atoms with van der Waals surface area (Å²) >= 11 is 0. The lowest BCUT2D eigenvalue weighted by molar-refractivity contribution is -0.142. The van der Waals surface area contributed by atoms with E-state index in [-0.39, 0.29) is 36.9 Å². The van der Waals surface area contributed by atoms with Gasteiger partial charge in [-0.3, -0.25) is 19.3 Å². The highest BCUT2D eigenvalue weighted by Crippen LogP contribution is 2.28. The van der Waals surface area contributed by atoms with Gasteiger partial charge in [0.2, 0.25) is 5.91 Å². The van der Waals surface area contributed by atoms with E-state index in [9.17, 15) is 24.3 Å². The maximum atomic E-state index is 13.0. The van der Waals surface area contributed by atoms with Crippen LogP contribution >= 0.6 is 0 Å². The molecule has 9 nitrogen and oxygen atoms in total. The number of fused-ring (bicyclic) bond motifs is 1. The molecule has 2 N–H and O–H groups in total. The third-order valence-electron chi connectivity index (χ3n) is 7.10. The maximum absolute atomic E-state index is 13.0. The first-order valence-electron chi connectivity index (χ1n) is 13.4. The van der Waals surface area contributed by atoms with Gasteiger partial charge >= 0.3 is 12.1 Å². The molecule has 4 rings (SSSR count). The number of nitrogens with zero attached hydrogens (tertiary/aromatic N) is 2. The Balaban J connectivity index is 1.36. The van der Waals surface area contributed by atoms with E-state index in [1.54, 1.807) is 21.9 Å². The number of carboxylic acid groups (broad SMARTS) is 1. The number of carbonyl (C=O) groups is 4. The van der Waals surface area contributed by atoms with Crippen LogP contribution in [-0.2, 0) is 33.8 Å². The Kier molecular flexibility index (Phi) is 8.57. The van der Waals surface area contributed by atoms with Gasteiger partial charge in [-0.2, -0.15) is 0 Å². The highest BCUT2D eigenvalue weighted by Gasteiger charge is 2.40. The molecule has 0 unspecified atom stereocenters. The molecule has 2 aliphatic rings. The predicted molar refractivity (Wildman–Crippen MR) is 145 cm³/mol. The monoisotopic (exact) mass is 535 g/mol. The molecule has 39 heavy (non-hydrogen) atoms. The molecule has 2 aromatic rings. The molecule has 2 aromatic carbocycles. The molecule has 2 heterocycles. The lowest BCUT2D eigenvalue weighted by atomic mass is 10.0. The molecule has 208 valence electrons. The van der Waals surface area contributed by atoms with Crippen LogP contribution in [0.5, 0.6) is 0 Å². The summed E-state index contributed by atoms with van der Waals surface area (Å²) in [6, 6.07) is 15.1. The molecule has 1 saturated heterocycles. The summed E-state index contributed by atoms with van der Waals surface area (Å²) in [5.41, 5.74) is 2.94. The average molecular weight is 536 g/mol. The van der Waals surface area contributed by atoms with E-state index in [2.05, 4.69) is 5.32 Å². The van der Waals surface area contributed by atoms with Crippen molar-refractivity contribution in [2.24, 2.45) is 5.92 Å². The van der Waals surface area contributed by atoms with Crippen LogP contribution < -0.4 is 5.32 Å². The fraction of sp³-hybridized carbons (Fsp3) is 0.467. The number of carboxylic acids is 1. The number of carbonyl (C=O) groups excluding carboxylic acids is 3. The number of amides is 3. The summed E-state index contributed by atoms with van der Waals surface area (Å²) in [5, 5.41) is 12.2. The van der Waals surface area contributed by atoms with Crippen molar-refractivity contribution in [3.8, 4) is 0 Å². The molecular formula is C30H37N3O6. The van der Waals surface area contributed by atoms with Crippen LogP contribution in [0.2, 0.25) is 0 Å². The number of rotatable bonds is 9. The fourth-order valence-electron chi connectivity index (χ4n) is 5.24. The Morgan fingerprint density at radius 1 is 1.05 bits per heavy atom. The first kappa shape index (κ1) is 28.1. The Labute approximate surface area is 229 Å². The van der Waals surface area contributed by atoms with Crippen LogP contribution in [0, 0.1) is 5.92 Å². The normalized spacial score (nSPS) is 18.7. The number of aliphatic carboxylic acids is 1. The lowest BCUT2D eigenvalue weighted by Gasteiger charge is -2.25. The molecule has 2 atom stereocenters. The average Bonchev–Trinajstić information content (AvgIpc) is 3.43. The molecule has 0 spiro atoms. The van der Waals surface area contributed by atoms with Gasteiger partial charge in [0.05, 0.1) is 12.3 Å². The van der Waals surface area contributed by atoms with Crippen LogP contribution in [0.1, 0.15) is 67.1 Å². The van der Waals surface area contributed by atoms with Crippen LogP contribution in [-0.4, -0.2) is 63.5 Å². The second kappa shape index (κ2) is 11.9. The minimum Gasteiger partial charge on any atom is -0.481 e. The van der Waals surface area contributed by atoms with E-state index >= 15 is 0 Å². The summed E-state index contributed by atoms with van der Waals surface area (Å²) < 4.78 is 5.47. The molecular weight excluding hydrogens is 498 g/mol. The van der Waals surface area contributed by atoms with E-state index in [1.807, 2.05) is 57.2 Å². The molecule has 3 amide bonds. The number of benzene rings is 2. The molecule has 0 bridgehead atoms. The van der Waals surface area contributed by atoms with Crippen molar-refractivity contribution in [2.75, 3.05) is 13.1 Å². The van der Waals surface area contributed by atoms with Crippen LogP contribution in [0.4, 0.5) is 4.79 Å². The van der Waals surface area contributed by atoms with Gasteiger partial charge in [-0.1, -0.05) is 36.4 Å². The van der Waals surface area contributed by atoms with Crippen molar-refractivity contribution in [1.82, 2.24) is 15.1 Å². The zero-order valence-electron chi connectivity index (χ0n) is 22.8. The van der Waals surface area contributed by atoms with Crippen LogP contribution in [0.3, 0.4) is 0 Å². The molecule has 2 aliphatic heterocycles. The zero-order valence-corrected chi connectivity index (χ0v) is 22.8. The van der Waals surface area contributed by atoms with Crippen LogP contribution in [0.25, 0.3) is 0 Å². The Morgan fingerprint density at radius 2 is 1.77 bits per heavy atom. The molecule has 9 heteroatoms. The summed E-state index contributed by atoms with van der Waals surface area (Å²) in [6.45, 7) is 7.01. The minimum absolute atomic E-state index is 0.163. The summed E-state index contributed by atoms with van der Waals surface area (Å²) in [7, 11) is 0. The highest BCUT2D eigenvalue weighted by molar-refractivity contribution is 5.94. The number of aryl methyl sites for hydroxylation is 1. The molecule has 0 radical (unpaired) electrons. The maximum Gasteiger partial charge on any atom is 0.410 e. The van der Waals surface area contributed by atoms with Gasteiger partial charge in [0.15, 0.2) is 0 Å². The van der Waals surface area contributed by atoms with Gasteiger partial charge in [0.25, 0.3) is 5.91 Å². The van der Waals surface area contributed by atoms with Gasteiger partial charge in [-0.15, -0.1) is 0 Å². The molecule has 0 saturated carbocycles. The second-order valence-corrected chi connectivity index (χ2v) is 11.3. The van der Waals surface area contributed by atoms with E-state index < -0.39 is 17.5 Å². The SMILES string of the molecule is CC(C)(C)OC(=O)N1Cc2ccc(C(=O)NC[C@@H]3C[C@@H](CC(=O)O)C(=O)N3CCCc3ccccc3)cc2C1. The zero-order chi connectivity index (χ0) is 28.2. The van der Waals surface area contributed by atoms with Gasteiger partial charge in [-0.05, 0) is 68.9 Å². The molecule has 0 aliphatic carbocycles. The van der Waals surface area contributed by atoms with Gasteiger partial charge in [-0.25, -0.2) is 4.79 Å². The summed E-state index contributed by atoms with van der Waals surface area (Å²) in [4.78, 5) is 53.2. The smallest absolute Gasteiger partial charge is 0.410 e. The second-order valence-electron chi connectivity index (χ2n) is 11.3. The summed E-state index contributed by atoms with van der Waals surface area (Å²) in [6.07, 6.45) is 1.35. The summed E-state index contributed by atoms with van der Waals surface area (Å²) in [5.74, 6) is -2.02. The van der Waals surface area contributed by atoms with Crippen molar-refractivity contribution >= 4 is 23.9 Å². The third-order valence-corrected chi connectivity index (χ3v) is 7.10. The topological polar surface area (TPSA) is 116 Å². The number of hydrogen-bond acceptors (Lipinski definition) is 5. The lowest BCUT2D eigenvalue weighted by Crippen LogP contribution is -2.42. The first-order chi connectivity index (χ1) is 18.5. The van der Waals surface area contributed by atoms with Gasteiger partial charge in [0.1, 0.15) is 5.60 Å². The van der Waals surface area contributed by atoms with Crippen molar-refractivity contribution in [3.05, 3.63) is 70.8 Å². The van der Waals surface area contributed by atoms with Gasteiger partial charge in [0, 0.05) is 37.8 Å². The fourth-order valence-corrected chi connectivity index (χ4v) is 5.24. The molecule has 1 fully saturated rings. The predicted octanol–water partition coefficient (Wildman–Crippen LogP) is 3.99. The van der Waals surface area contributed by atoms with Crippen molar-refractivity contribution < 1.29 is 29.0 Å². The Bertz CT molecular complexity index is 1220. The number of nitrogens with one attached hydrogen (secondary N) is 1. The number of likely N-dealkylation sites (tertiary alicyclic amines) is 1. The third kappa shape index (κ3) is 7.37. The van der Waals surface area contributed by atoms with Crippen molar-refractivity contribution in [3.63, 3.8) is 0 Å². The highest BCUT2D eigenvalue weighted by atomic mass is 16.6. The number of ether oxygens (including phenoxy) is 1. The largest absolute Gasteiger partial charge is 0.481 e. The quantitative estimate of drug-likeness (QED) is 0.502. The van der Waals surface area contributed by atoms with E-state index in [0.29, 0.717) is 31.6 Å². The van der Waals surface area contributed by atoms with E-state index in [1.165, 1.54) is 5.56 Å². The molecule has 0 aromatic heterocycles. The first-order valence-corrected chi connectivity index (χ1v) is 13.4. The van der Waals surface area contributed by atoms with Crippen molar-refractivity contribution in [1.29, 1.82) is 0 Å². The van der Waals surface area contributed by atoms with Crippen molar-refractivity contribution in [2.45, 2.75) is 71.2 Å². The number of hydrogen-bond donors (Lipinski definition) is 2. The van der Waals surface area contributed by atoms with E-state index in [4.69, 9.17) is 4.74 Å².